The molecule has 0 aromatic heterocycles. The van der Waals surface area contributed by atoms with Crippen LogP contribution in [-0.4, -0.2) is 22.3 Å². The summed E-state index contributed by atoms with van der Waals surface area (Å²) in [7, 11) is 0. The Balaban J connectivity index is 3.88. The summed E-state index contributed by atoms with van der Waals surface area (Å²) >= 11 is 4.39. The molecule has 1 atom stereocenters. The highest BCUT2D eigenvalue weighted by Gasteiger charge is 2.09. The Bertz CT molecular complexity index is 175. The molecular weight excluding hydrogens is 162 g/mol. The molecule has 0 amide bonds. The van der Waals surface area contributed by atoms with E-state index in [4.69, 9.17) is 5.11 Å². The summed E-state index contributed by atoms with van der Waals surface area (Å²) in [6, 6.07) is -0.185. The van der Waals surface area contributed by atoms with E-state index in [1.165, 1.54) is 0 Å². The number of thiocarbonyl (C=S) groups is 1. The van der Waals surface area contributed by atoms with E-state index in [1.807, 2.05) is 6.92 Å². The standard InChI is InChI=1S/C7H11NO2S/c1-2-3-6(8-5-11)4-7(9)10/h6H,2-4H2,1H3,(H,9,10). The van der Waals surface area contributed by atoms with Gasteiger partial charge in [0, 0.05) is 0 Å². The second-order valence-corrected chi connectivity index (χ2v) is 2.44. The zero-order valence-corrected chi connectivity index (χ0v) is 7.23. The van der Waals surface area contributed by atoms with Gasteiger partial charge >= 0.3 is 5.97 Å². The molecule has 0 spiro atoms. The zero-order chi connectivity index (χ0) is 8.69. The summed E-state index contributed by atoms with van der Waals surface area (Å²) in [4.78, 5) is 14.0. The minimum Gasteiger partial charge on any atom is -0.481 e. The summed E-state index contributed by atoms with van der Waals surface area (Å²) in [6.45, 7) is 1.98. The number of isothiocyanates is 1. The van der Waals surface area contributed by atoms with Crippen molar-refractivity contribution in [1.29, 1.82) is 0 Å². The minimum atomic E-state index is -0.836. The molecule has 3 nitrogen and oxygen atoms in total. The van der Waals surface area contributed by atoms with E-state index >= 15 is 0 Å². The molecule has 0 saturated carbocycles. The monoisotopic (exact) mass is 173 g/mol. The second-order valence-electron chi connectivity index (χ2n) is 2.26. The van der Waals surface area contributed by atoms with Crippen LogP contribution < -0.4 is 0 Å². The number of hydrogen-bond acceptors (Lipinski definition) is 3. The first-order valence-electron chi connectivity index (χ1n) is 3.49. The highest BCUT2D eigenvalue weighted by atomic mass is 32.1. The van der Waals surface area contributed by atoms with Gasteiger partial charge < -0.3 is 5.11 Å². The molecule has 0 aromatic carbocycles. The number of carboxylic acid groups (broad SMARTS) is 1. The first kappa shape index (κ1) is 10.3. The Kier molecular flexibility index (Phi) is 5.61. The van der Waals surface area contributed by atoms with E-state index < -0.39 is 5.97 Å². The Morgan fingerprint density at radius 1 is 1.82 bits per heavy atom. The first-order valence-corrected chi connectivity index (χ1v) is 3.90. The van der Waals surface area contributed by atoms with Gasteiger partial charge in [0.25, 0.3) is 0 Å². The number of rotatable bonds is 5. The number of nitrogens with zero attached hydrogens (tertiary/aromatic N) is 1. The van der Waals surface area contributed by atoms with Gasteiger partial charge in [-0.25, -0.2) is 4.99 Å². The number of hydrogen-bond donors (Lipinski definition) is 1. The van der Waals surface area contributed by atoms with Crippen molar-refractivity contribution in [1.82, 2.24) is 0 Å². The average molecular weight is 173 g/mol. The summed E-state index contributed by atoms with van der Waals surface area (Å²) in [5.74, 6) is -0.836. The molecular formula is C7H11NO2S. The zero-order valence-electron chi connectivity index (χ0n) is 6.41. The fourth-order valence-electron chi connectivity index (χ4n) is 0.822. The lowest BCUT2D eigenvalue weighted by molar-refractivity contribution is -0.137. The number of carbonyl (C=O) groups is 1. The summed E-state index contributed by atoms with van der Waals surface area (Å²) in [6.07, 6.45) is 1.73. The van der Waals surface area contributed by atoms with Crippen molar-refractivity contribution in [2.75, 3.05) is 0 Å². The molecule has 0 aliphatic rings. The molecule has 62 valence electrons. The van der Waals surface area contributed by atoms with Gasteiger partial charge in [0.05, 0.1) is 17.6 Å². The van der Waals surface area contributed by atoms with Gasteiger partial charge in [0.2, 0.25) is 0 Å². The quantitative estimate of drug-likeness (QED) is 0.509. The van der Waals surface area contributed by atoms with Crippen LogP contribution in [0.4, 0.5) is 0 Å². The summed E-state index contributed by atoms with van der Waals surface area (Å²) in [5.41, 5.74) is 0. The predicted molar refractivity (Wildman–Crippen MR) is 46.0 cm³/mol. The van der Waals surface area contributed by atoms with E-state index in [9.17, 15) is 4.79 Å². The maximum absolute atomic E-state index is 10.2. The van der Waals surface area contributed by atoms with E-state index in [2.05, 4.69) is 22.4 Å². The van der Waals surface area contributed by atoms with Crippen molar-refractivity contribution in [2.24, 2.45) is 4.99 Å². The summed E-state index contributed by atoms with van der Waals surface area (Å²) < 4.78 is 0. The van der Waals surface area contributed by atoms with Crippen LogP contribution in [0.5, 0.6) is 0 Å². The second kappa shape index (κ2) is 6.01. The van der Waals surface area contributed by atoms with Gasteiger partial charge in [0.15, 0.2) is 0 Å². The third-order valence-corrected chi connectivity index (χ3v) is 1.37. The van der Waals surface area contributed by atoms with Crippen LogP contribution in [0.2, 0.25) is 0 Å². The van der Waals surface area contributed by atoms with E-state index in [1.54, 1.807) is 0 Å². The van der Waals surface area contributed by atoms with Crippen molar-refractivity contribution in [3.8, 4) is 0 Å². The van der Waals surface area contributed by atoms with Gasteiger partial charge in [-0.3, -0.25) is 4.79 Å². The molecule has 0 rings (SSSR count). The molecule has 4 heteroatoms. The van der Waals surface area contributed by atoms with E-state index in [0.29, 0.717) is 0 Å². The molecule has 1 N–H and O–H groups in total. The SMILES string of the molecule is CCCC(CC(=O)O)N=C=S. The van der Waals surface area contributed by atoms with Crippen molar-refractivity contribution in [3.05, 3.63) is 0 Å². The van der Waals surface area contributed by atoms with Crippen molar-refractivity contribution < 1.29 is 9.90 Å². The third kappa shape index (κ3) is 5.70. The molecule has 0 aromatic rings. The number of carboxylic acids is 1. The van der Waals surface area contributed by atoms with Crippen LogP contribution in [0.3, 0.4) is 0 Å². The Hall–Kier alpha value is -0.730. The molecule has 0 bridgehead atoms. The maximum atomic E-state index is 10.2. The van der Waals surface area contributed by atoms with E-state index in [-0.39, 0.29) is 12.5 Å². The Morgan fingerprint density at radius 2 is 2.45 bits per heavy atom. The molecule has 0 heterocycles. The van der Waals surface area contributed by atoms with Gasteiger partial charge in [-0.1, -0.05) is 13.3 Å². The van der Waals surface area contributed by atoms with Gasteiger partial charge in [-0.05, 0) is 18.6 Å². The molecule has 0 radical (unpaired) electrons. The topological polar surface area (TPSA) is 49.7 Å². The van der Waals surface area contributed by atoms with Crippen molar-refractivity contribution in [2.45, 2.75) is 32.2 Å². The fraction of sp³-hybridized carbons (Fsp3) is 0.714. The molecule has 11 heavy (non-hydrogen) atoms. The minimum absolute atomic E-state index is 0.0531. The van der Waals surface area contributed by atoms with Crippen molar-refractivity contribution in [3.63, 3.8) is 0 Å². The Labute approximate surface area is 71.1 Å². The molecule has 0 aliphatic heterocycles. The normalized spacial score (nSPS) is 11.7. The average Bonchev–Trinajstić information content (AvgIpc) is 1.87. The summed E-state index contributed by atoms with van der Waals surface area (Å²) in [5, 5.41) is 10.6. The maximum Gasteiger partial charge on any atom is 0.305 e. The molecule has 1 unspecified atom stereocenters. The molecule has 0 saturated heterocycles. The third-order valence-electron chi connectivity index (χ3n) is 1.27. The number of aliphatic carboxylic acids is 1. The van der Waals surface area contributed by atoms with Crippen LogP contribution in [0.15, 0.2) is 4.99 Å². The fourth-order valence-corrected chi connectivity index (χ4v) is 0.971. The number of aliphatic imine (C=N–C) groups is 1. The van der Waals surface area contributed by atoms with E-state index in [0.717, 1.165) is 12.8 Å². The highest BCUT2D eigenvalue weighted by molar-refractivity contribution is 7.78. The smallest absolute Gasteiger partial charge is 0.305 e. The highest BCUT2D eigenvalue weighted by Crippen LogP contribution is 2.05. The lowest BCUT2D eigenvalue weighted by atomic mass is 10.1. The van der Waals surface area contributed by atoms with Crippen LogP contribution in [0, 0.1) is 0 Å². The van der Waals surface area contributed by atoms with Gasteiger partial charge in [0.1, 0.15) is 0 Å². The largest absolute Gasteiger partial charge is 0.481 e. The van der Waals surface area contributed by atoms with Crippen LogP contribution in [-0.2, 0) is 4.79 Å². The van der Waals surface area contributed by atoms with Crippen molar-refractivity contribution >= 4 is 23.3 Å². The lowest BCUT2D eigenvalue weighted by Gasteiger charge is -2.04. The van der Waals surface area contributed by atoms with Crippen LogP contribution >= 0.6 is 12.2 Å². The Morgan fingerprint density at radius 3 is 2.82 bits per heavy atom. The lowest BCUT2D eigenvalue weighted by Crippen LogP contribution is -2.10. The molecule has 0 fully saturated rings. The first-order chi connectivity index (χ1) is 5.20. The van der Waals surface area contributed by atoms with Crippen LogP contribution in [0.25, 0.3) is 0 Å². The predicted octanol–water partition coefficient (Wildman–Crippen LogP) is 1.73. The molecule has 0 aliphatic carbocycles. The van der Waals surface area contributed by atoms with Gasteiger partial charge in [-0.2, -0.15) is 0 Å². The van der Waals surface area contributed by atoms with Crippen LogP contribution in [0.1, 0.15) is 26.2 Å². The van der Waals surface area contributed by atoms with Gasteiger partial charge in [-0.15, -0.1) is 0 Å².